The standard InChI is InChI=1S/C19H28N4O6S/c1-11(19(28)29)22-18(27)15(7-8-30-2)23-16(25)10-21-17(26)14(20)9-12-3-5-13(24)6-4-12/h3-6,11,14-15,24H,7-10,20H2,1-2H3,(H,21,26)(H,22,27)(H,23,25)(H,28,29). The highest BCUT2D eigenvalue weighted by Crippen LogP contribution is 2.10. The fourth-order valence-electron chi connectivity index (χ4n) is 2.40. The van der Waals surface area contributed by atoms with Crippen LogP contribution >= 0.6 is 11.8 Å². The molecule has 30 heavy (non-hydrogen) atoms. The monoisotopic (exact) mass is 440 g/mol. The molecule has 7 N–H and O–H groups in total. The smallest absolute Gasteiger partial charge is 0.325 e. The number of hydrogen-bond acceptors (Lipinski definition) is 7. The maximum atomic E-state index is 12.2. The summed E-state index contributed by atoms with van der Waals surface area (Å²) < 4.78 is 0. The van der Waals surface area contributed by atoms with E-state index in [0.717, 1.165) is 5.56 Å². The first kappa shape index (κ1) is 25.2. The normalized spacial score (nSPS) is 13.6. The summed E-state index contributed by atoms with van der Waals surface area (Å²) in [5.41, 5.74) is 6.59. The van der Waals surface area contributed by atoms with Crippen molar-refractivity contribution in [3.8, 4) is 5.75 Å². The Kier molecular flexibility index (Phi) is 10.7. The average Bonchev–Trinajstić information content (AvgIpc) is 2.70. The summed E-state index contributed by atoms with van der Waals surface area (Å²) in [5.74, 6) is -2.25. The van der Waals surface area contributed by atoms with Gasteiger partial charge in [-0.1, -0.05) is 12.1 Å². The molecule has 0 radical (unpaired) electrons. The van der Waals surface area contributed by atoms with Gasteiger partial charge >= 0.3 is 5.97 Å². The molecular formula is C19H28N4O6S. The lowest BCUT2D eigenvalue weighted by Gasteiger charge is -2.20. The molecule has 3 atom stereocenters. The number of rotatable bonds is 12. The molecule has 3 unspecified atom stereocenters. The molecule has 0 aromatic heterocycles. The summed E-state index contributed by atoms with van der Waals surface area (Å²) in [6, 6.07) is 3.34. The summed E-state index contributed by atoms with van der Waals surface area (Å²) in [6.07, 6.45) is 2.37. The first-order valence-corrected chi connectivity index (χ1v) is 10.7. The van der Waals surface area contributed by atoms with Gasteiger partial charge in [0.25, 0.3) is 0 Å². The molecule has 11 heteroatoms. The molecule has 0 aliphatic carbocycles. The number of carbonyl (C=O) groups excluding carboxylic acids is 3. The van der Waals surface area contributed by atoms with Gasteiger partial charge in [-0.15, -0.1) is 0 Å². The molecule has 0 spiro atoms. The van der Waals surface area contributed by atoms with Crippen LogP contribution < -0.4 is 21.7 Å². The predicted octanol–water partition coefficient (Wildman–Crippen LogP) is -0.795. The predicted molar refractivity (Wildman–Crippen MR) is 113 cm³/mol. The number of nitrogens with one attached hydrogen (secondary N) is 3. The third-order valence-electron chi connectivity index (χ3n) is 4.14. The number of amides is 3. The molecule has 0 fully saturated rings. The number of hydrogen-bond donors (Lipinski definition) is 6. The van der Waals surface area contributed by atoms with Gasteiger partial charge in [-0.2, -0.15) is 11.8 Å². The van der Waals surface area contributed by atoms with Crippen LogP contribution in [-0.4, -0.2) is 70.6 Å². The first-order chi connectivity index (χ1) is 14.1. The number of nitrogens with two attached hydrogens (primary N) is 1. The molecule has 0 aliphatic rings. The Bertz CT molecular complexity index is 743. The molecule has 1 rings (SSSR count). The van der Waals surface area contributed by atoms with Gasteiger partial charge in [-0.25, -0.2) is 0 Å². The average molecular weight is 441 g/mol. The molecule has 0 heterocycles. The minimum atomic E-state index is -1.19. The quantitative estimate of drug-likeness (QED) is 0.245. The molecule has 1 aromatic rings. The number of thioether (sulfide) groups is 1. The molecule has 3 amide bonds. The highest BCUT2D eigenvalue weighted by molar-refractivity contribution is 7.98. The zero-order valence-electron chi connectivity index (χ0n) is 16.9. The molecule has 10 nitrogen and oxygen atoms in total. The summed E-state index contributed by atoms with van der Waals surface area (Å²) in [6.45, 7) is 0.947. The maximum absolute atomic E-state index is 12.2. The van der Waals surface area contributed by atoms with E-state index in [9.17, 15) is 24.3 Å². The molecule has 1 aromatic carbocycles. The van der Waals surface area contributed by atoms with Gasteiger partial charge in [-0.05, 0) is 49.5 Å². The summed E-state index contributed by atoms with van der Waals surface area (Å²) in [7, 11) is 0. The molecule has 0 saturated heterocycles. The minimum Gasteiger partial charge on any atom is -0.508 e. The van der Waals surface area contributed by atoms with Crippen LogP contribution in [0.4, 0.5) is 0 Å². The van der Waals surface area contributed by atoms with E-state index in [1.54, 1.807) is 12.1 Å². The van der Waals surface area contributed by atoms with Crippen molar-refractivity contribution in [1.29, 1.82) is 0 Å². The maximum Gasteiger partial charge on any atom is 0.325 e. The SMILES string of the molecule is CSCCC(NC(=O)CNC(=O)C(N)Cc1ccc(O)cc1)C(=O)NC(C)C(=O)O. The lowest BCUT2D eigenvalue weighted by atomic mass is 10.1. The topological polar surface area (TPSA) is 171 Å². The minimum absolute atomic E-state index is 0.103. The second-order valence-electron chi connectivity index (χ2n) is 6.66. The van der Waals surface area contributed by atoms with Crippen LogP contribution in [0.1, 0.15) is 18.9 Å². The van der Waals surface area contributed by atoms with E-state index in [0.29, 0.717) is 12.2 Å². The summed E-state index contributed by atoms with van der Waals surface area (Å²) >= 11 is 1.47. The first-order valence-electron chi connectivity index (χ1n) is 9.26. The second-order valence-corrected chi connectivity index (χ2v) is 7.65. The van der Waals surface area contributed by atoms with Gasteiger partial charge in [0.15, 0.2) is 0 Å². The summed E-state index contributed by atoms with van der Waals surface area (Å²) in [5, 5.41) is 25.4. The van der Waals surface area contributed by atoms with Crippen LogP contribution in [0.5, 0.6) is 5.75 Å². The van der Waals surface area contributed by atoms with Gasteiger partial charge in [-0.3, -0.25) is 19.2 Å². The zero-order valence-corrected chi connectivity index (χ0v) is 17.7. The third kappa shape index (κ3) is 9.14. The van der Waals surface area contributed by atoms with Crippen molar-refractivity contribution in [2.75, 3.05) is 18.6 Å². The number of phenols is 1. The van der Waals surface area contributed by atoms with Crippen LogP contribution in [0.2, 0.25) is 0 Å². The Labute approximate surface area is 179 Å². The number of phenolic OH excluding ortho intramolecular Hbond substituents is 1. The van der Waals surface area contributed by atoms with Crippen LogP contribution in [-0.2, 0) is 25.6 Å². The van der Waals surface area contributed by atoms with Crippen molar-refractivity contribution in [3.05, 3.63) is 29.8 Å². The van der Waals surface area contributed by atoms with Crippen molar-refractivity contribution < 1.29 is 29.4 Å². The fourth-order valence-corrected chi connectivity index (χ4v) is 2.87. The van der Waals surface area contributed by atoms with Crippen LogP contribution in [0.25, 0.3) is 0 Å². The van der Waals surface area contributed by atoms with Gasteiger partial charge in [0.1, 0.15) is 17.8 Å². The van der Waals surface area contributed by atoms with Crippen LogP contribution in [0.15, 0.2) is 24.3 Å². The van der Waals surface area contributed by atoms with E-state index in [4.69, 9.17) is 10.8 Å². The van der Waals surface area contributed by atoms with E-state index >= 15 is 0 Å². The second kappa shape index (κ2) is 12.7. The third-order valence-corrected chi connectivity index (χ3v) is 4.79. The zero-order chi connectivity index (χ0) is 22.7. The highest BCUT2D eigenvalue weighted by Gasteiger charge is 2.24. The van der Waals surface area contributed by atoms with Crippen molar-refractivity contribution in [3.63, 3.8) is 0 Å². The molecule has 0 aliphatic heterocycles. The Balaban J connectivity index is 2.54. The number of carboxylic acid groups (broad SMARTS) is 1. The van der Waals surface area contributed by atoms with Crippen LogP contribution in [0.3, 0.4) is 0 Å². The van der Waals surface area contributed by atoms with Gasteiger partial charge in [0.05, 0.1) is 12.6 Å². The summed E-state index contributed by atoms with van der Waals surface area (Å²) in [4.78, 5) is 47.4. The number of aromatic hydroxyl groups is 1. The molecule has 0 bridgehead atoms. The number of carboxylic acids is 1. The highest BCUT2D eigenvalue weighted by atomic mass is 32.2. The molecule has 0 saturated carbocycles. The number of carbonyl (C=O) groups is 4. The van der Waals surface area contributed by atoms with Gasteiger partial charge < -0.3 is 31.9 Å². The number of benzene rings is 1. The van der Waals surface area contributed by atoms with Gasteiger partial charge in [0, 0.05) is 0 Å². The van der Waals surface area contributed by atoms with Crippen molar-refractivity contribution >= 4 is 35.5 Å². The lowest BCUT2D eigenvalue weighted by Crippen LogP contribution is -2.53. The van der Waals surface area contributed by atoms with E-state index in [1.807, 2.05) is 6.26 Å². The van der Waals surface area contributed by atoms with E-state index in [1.165, 1.54) is 30.8 Å². The number of aliphatic carboxylic acids is 1. The largest absolute Gasteiger partial charge is 0.508 e. The Morgan fingerprint density at radius 3 is 2.30 bits per heavy atom. The van der Waals surface area contributed by atoms with Crippen molar-refractivity contribution in [1.82, 2.24) is 16.0 Å². The molecule has 166 valence electrons. The van der Waals surface area contributed by atoms with Crippen molar-refractivity contribution in [2.45, 2.75) is 37.9 Å². The Morgan fingerprint density at radius 2 is 1.73 bits per heavy atom. The van der Waals surface area contributed by atoms with E-state index < -0.39 is 41.8 Å². The van der Waals surface area contributed by atoms with Gasteiger partial charge in [0.2, 0.25) is 17.7 Å². The van der Waals surface area contributed by atoms with Crippen molar-refractivity contribution in [2.24, 2.45) is 5.73 Å². The fraction of sp³-hybridized carbons (Fsp3) is 0.474. The van der Waals surface area contributed by atoms with E-state index in [-0.39, 0.29) is 18.7 Å². The molecular weight excluding hydrogens is 412 g/mol. The Morgan fingerprint density at radius 1 is 1.10 bits per heavy atom. The van der Waals surface area contributed by atoms with E-state index in [2.05, 4.69) is 16.0 Å². The van der Waals surface area contributed by atoms with Crippen LogP contribution in [0, 0.1) is 0 Å². The lowest BCUT2D eigenvalue weighted by molar-refractivity contribution is -0.141. The Hall–Kier alpha value is -2.79.